The first kappa shape index (κ1) is 14.6. The second kappa shape index (κ2) is 5.70. The van der Waals surface area contributed by atoms with E-state index in [0.717, 1.165) is 30.5 Å². The molecular formula is C13H23N5O2. The van der Waals surface area contributed by atoms with Gasteiger partial charge in [0.1, 0.15) is 11.5 Å². The molecule has 0 bridgehead atoms. The lowest BCUT2D eigenvalue weighted by Crippen LogP contribution is -2.42. The lowest BCUT2D eigenvalue weighted by Gasteiger charge is -2.19. The molecule has 112 valence electrons. The molecule has 7 heteroatoms. The molecule has 1 unspecified atom stereocenters. The van der Waals surface area contributed by atoms with E-state index in [0.29, 0.717) is 12.2 Å². The molecule has 2 rings (SSSR count). The standard InChI is InChI=1S/C13H23N5O2/c1-4-6-18-11(14)10(12(19)17(3)13(18)20)15-9-5-7-16(2)8-9/h9,15H,4-8,14H2,1-3H3. The van der Waals surface area contributed by atoms with Crippen molar-refractivity contribution >= 4 is 11.5 Å². The Bertz CT molecular complexity index is 604. The van der Waals surface area contributed by atoms with Crippen LogP contribution in [-0.4, -0.2) is 40.2 Å². The van der Waals surface area contributed by atoms with Crippen LogP contribution in [0, 0.1) is 0 Å². The maximum atomic E-state index is 12.2. The van der Waals surface area contributed by atoms with Gasteiger partial charge in [0.2, 0.25) is 0 Å². The summed E-state index contributed by atoms with van der Waals surface area (Å²) in [4.78, 5) is 26.5. The fourth-order valence-electron chi connectivity index (χ4n) is 2.62. The molecule has 0 aliphatic carbocycles. The van der Waals surface area contributed by atoms with E-state index in [2.05, 4.69) is 10.2 Å². The Hall–Kier alpha value is -1.76. The SMILES string of the molecule is CCCn1c(N)c(NC2CCN(C)C2)c(=O)n(C)c1=O. The lowest BCUT2D eigenvalue weighted by molar-refractivity contribution is 0.414. The van der Waals surface area contributed by atoms with Gasteiger partial charge in [0.15, 0.2) is 0 Å². The Balaban J connectivity index is 2.42. The minimum atomic E-state index is -0.358. The van der Waals surface area contributed by atoms with E-state index in [4.69, 9.17) is 5.73 Å². The van der Waals surface area contributed by atoms with Gasteiger partial charge in [0.25, 0.3) is 5.56 Å². The van der Waals surface area contributed by atoms with Crippen LogP contribution in [0.4, 0.5) is 11.5 Å². The highest BCUT2D eigenvalue weighted by Crippen LogP contribution is 2.16. The van der Waals surface area contributed by atoms with Crippen LogP contribution in [0.1, 0.15) is 19.8 Å². The van der Waals surface area contributed by atoms with Gasteiger partial charge in [-0.25, -0.2) is 4.79 Å². The predicted molar refractivity (Wildman–Crippen MR) is 80.2 cm³/mol. The highest BCUT2D eigenvalue weighted by atomic mass is 16.2. The predicted octanol–water partition coefficient (Wildman–Crippen LogP) is -0.345. The summed E-state index contributed by atoms with van der Waals surface area (Å²) < 4.78 is 2.58. The van der Waals surface area contributed by atoms with Gasteiger partial charge in [0.05, 0.1) is 0 Å². The zero-order chi connectivity index (χ0) is 14.9. The third-order valence-corrected chi connectivity index (χ3v) is 3.77. The number of rotatable bonds is 4. The van der Waals surface area contributed by atoms with Crippen LogP contribution >= 0.6 is 0 Å². The second-order valence-electron chi connectivity index (χ2n) is 5.45. The van der Waals surface area contributed by atoms with Gasteiger partial charge >= 0.3 is 5.69 Å². The zero-order valence-corrected chi connectivity index (χ0v) is 12.3. The number of nitrogens with one attached hydrogen (secondary N) is 1. The molecule has 1 aromatic heterocycles. The summed E-state index contributed by atoms with van der Waals surface area (Å²) >= 11 is 0. The topological polar surface area (TPSA) is 85.3 Å². The van der Waals surface area contributed by atoms with E-state index >= 15 is 0 Å². The van der Waals surface area contributed by atoms with Crippen molar-refractivity contribution in [3.63, 3.8) is 0 Å². The van der Waals surface area contributed by atoms with E-state index in [1.807, 2.05) is 14.0 Å². The van der Waals surface area contributed by atoms with Crippen molar-refractivity contribution in [1.82, 2.24) is 14.0 Å². The first-order valence-electron chi connectivity index (χ1n) is 7.00. The van der Waals surface area contributed by atoms with Crippen LogP contribution in [0.2, 0.25) is 0 Å². The summed E-state index contributed by atoms with van der Waals surface area (Å²) in [7, 11) is 3.53. The van der Waals surface area contributed by atoms with Crippen LogP contribution < -0.4 is 22.3 Å². The maximum absolute atomic E-state index is 12.2. The van der Waals surface area contributed by atoms with Crippen LogP contribution in [0.3, 0.4) is 0 Å². The van der Waals surface area contributed by atoms with Crippen molar-refractivity contribution in [2.75, 3.05) is 31.2 Å². The molecule has 20 heavy (non-hydrogen) atoms. The summed E-state index contributed by atoms with van der Waals surface area (Å²) in [6.45, 7) is 4.34. The third-order valence-electron chi connectivity index (χ3n) is 3.77. The summed E-state index contributed by atoms with van der Waals surface area (Å²) in [5, 5.41) is 3.21. The van der Waals surface area contributed by atoms with Gasteiger partial charge in [-0.3, -0.25) is 13.9 Å². The molecule has 0 saturated carbocycles. The molecule has 1 atom stereocenters. The first-order chi connectivity index (χ1) is 9.45. The summed E-state index contributed by atoms with van der Waals surface area (Å²) in [5.74, 6) is 0.245. The quantitative estimate of drug-likeness (QED) is 0.788. The normalized spacial score (nSPS) is 19.4. The molecule has 0 spiro atoms. The molecule has 1 fully saturated rings. The van der Waals surface area contributed by atoms with Gasteiger partial charge < -0.3 is 16.0 Å². The number of nitrogen functional groups attached to an aromatic ring is 1. The van der Waals surface area contributed by atoms with Crippen LogP contribution in [0.5, 0.6) is 0 Å². The van der Waals surface area contributed by atoms with Crippen molar-refractivity contribution in [3.8, 4) is 0 Å². The highest BCUT2D eigenvalue weighted by Gasteiger charge is 2.23. The molecule has 0 amide bonds. The summed E-state index contributed by atoms with van der Waals surface area (Å²) in [5.41, 5.74) is 5.66. The monoisotopic (exact) mass is 281 g/mol. The number of likely N-dealkylation sites (tertiary alicyclic amines) is 1. The molecular weight excluding hydrogens is 258 g/mol. The lowest BCUT2D eigenvalue weighted by atomic mass is 10.2. The maximum Gasteiger partial charge on any atom is 0.332 e. The fraction of sp³-hybridized carbons (Fsp3) is 0.692. The fourth-order valence-corrected chi connectivity index (χ4v) is 2.62. The van der Waals surface area contributed by atoms with Crippen LogP contribution in [-0.2, 0) is 13.6 Å². The number of anilines is 2. The number of likely N-dealkylation sites (N-methyl/N-ethyl adjacent to an activating group) is 1. The summed E-state index contributed by atoms with van der Waals surface area (Å²) in [6, 6.07) is 0.197. The molecule has 7 nitrogen and oxygen atoms in total. The minimum absolute atomic E-state index is 0.197. The second-order valence-corrected chi connectivity index (χ2v) is 5.45. The van der Waals surface area contributed by atoms with E-state index in [1.165, 1.54) is 11.6 Å². The van der Waals surface area contributed by atoms with Gasteiger partial charge in [-0.05, 0) is 26.4 Å². The van der Waals surface area contributed by atoms with Gasteiger partial charge in [0, 0.05) is 26.2 Å². The smallest absolute Gasteiger partial charge is 0.332 e. The molecule has 1 saturated heterocycles. The van der Waals surface area contributed by atoms with E-state index in [9.17, 15) is 9.59 Å². The number of aromatic nitrogens is 2. The molecule has 2 heterocycles. The molecule has 0 radical (unpaired) electrons. The number of hydrogen-bond donors (Lipinski definition) is 2. The third kappa shape index (κ3) is 2.58. The Morgan fingerprint density at radius 3 is 2.60 bits per heavy atom. The molecule has 1 aliphatic heterocycles. The van der Waals surface area contributed by atoms with Crippen LogP contribution in [0.25, 0.3) is 0 Å². The van der Waals surface area contributed by atoms with E-state index < -0.39 is 0 Å². The number of nitrogens with two attached hydrogens (primary N) is 1. The van der Waals surface area contributed by atoms with Crippen molar-refractivity contribution < 1.29 is 0 Å². The average molecular weight is 281 g/mol. The van der Waals surface area contributed by atoms with E-state index in [-0.39, 0.29) is 23.1 Å². The van der Waals surface area contributed by atoms with Gasteiger partial charge in [-0.1, -0.05) is 6.92 Å². The zero-order valence-electron chi connectivity index (χ0n) is 12.3. The number of hydrogen-bond acceptors (Lipinski definition) is 5. The van der Waals surface area contributed by atoms with Gasteiger partial charge in [-0.15, -0.1) is 0 Å². The highest BCUT2D eigenvalue weighted by molar-refractivity contribution is 5.61. The molecule has 0 aromatic carbocycles. The summed E-state index contributed by atoms with van der Waals surface area (Å²) in [6.07, 6.45) is 1.75. The Morgan fingerprint density at radius 2 is 2.05 bits per heavy atom. The molecule has 1 aliphatic rings. The Labute approximate surface area is 118 Å². The minimum Gasteiger partial charge on any atom is -0.383 e. The van der Waals surface area contributed by atoms with Crippen LogP contribution in [0.15, 0.2) is 9.59 Å². The largest absolute Gasteiger partial charge is 0.383 e. The van der Waals surface area contributed by atoms with E-state index in [1.54, 1.807) is 0 Å². The molecule has 3 N–H and O–H groups in total. The van der Waals surface area contributed by atoms with Gasteiger partial charge in [-0.2, -0.15) is 0 Å². The Kier molecular flexibility index (Phi) is 4.17. The van der Waals surface area contributed by atoms with Crippen molar-refractivity contribution in [3.05, 3.63) is 20.8 Å². The molecule has 1 aromatic rings. The Morgan fingerprint density at radius 1 is 1.35 bits per heavy atom. The average Bonchev–Trinajstić information content (AvgIpc) is 2.83. The van der Waals surface area contributed by atoms with Crippen molar-refractivity contribution in [1.29, 1.82) is 0 Å². The number of nitrogens with zero attached hydrogens (tertiary/aromatic N) is 3. The first-order valence-corrected chi connectivity index (χ1v) is 7.00. The van der Waals surface area contributed by atoms with Crippen molar-refractivity contribution in [2.24, 2.45) is 7.05 Å². The van der Waals surface area contributed by atoms with Crippen molar-refractivity contribution in [2.45, 2.75) is 32.4 Å².